The highest BCUT2D eigenvalue weighted by molar-refractivity contribution is 7.92. The van der Waals surface area contributed by atoms with Gasteiger partial charge in [0.15, 0.2) is 5.82 Å². The zero-order valence-corrected chi connectivity index (χ0v) is 18.0. The molecule has 0 unspecified atom stereocenters. The minimum absolute atomic E-state index is 0.0826. The Morgan fingerprint density at radius 1 is 1.10 bits per heavy atom. The van der Waals surface area contributed by atoms with E-state index in [1.54, 1.807) is 0 Å². The number of nitrogens with zero attached hydrogens (tertiary/aromatic N) is 3. The molecule has 0 atom stereocenters. The first-order chi connectivity index (χ1) is 14.8. The number of carbonyl (C=O) groups excluding carboxylic acids is 2. The number of hydrazone groups is 1. The molecule has 0 fully saturated rings. The molecule has 3 heterocycles. The molecule has 4 rings (SSSR count). The van der Waals surface area contributed by atoms with Gasteiger partial charge in [-0.1, -0.05) is 41.9 Å². The second-order valence-corrected chi connectivity index (χ2v) is 9.94. The van der Waals surface area contributed by atoms with E-state index in [9.17, 15) is 18.0 Å². The largest absolute Gasteiger partial charge is 0.333 e. The Balaban J connectivity index is 1.43. The molecule has 9 nitrogen and oxygen atoms in total. The van der Waals surface area contributed by atoms with Gasteiger partial charge in [-0.25, -0.2) is 22.9 Å². The van der Waals surface area contributed by atoms with E-state index < -0.39 is 16.1 Å². The number of benzene rings is 1. The van der Waals surface area contributed by atoms with Crippen LogP contribution in [0.15, 0.2) is 70.1 Å². The fourth-order valence-corrected chi connectivity index (χ4v) is 5.15. The molecule has 2 aromatic heterocycles. The van der Waals surface area contributed by atoms with Gasteiger partial charge in [0.2, 0.25) is 0 Å². The summed E-state index contributed by atoms with van der Waals surface area (Å²) in [5.41, 5.74) is 1.72. The Morgan fingerprint density at radius 2 is 1.87 bits per heavy atom. The van der Waals surface area contributed by atoms with Gasteiger partial charge < -0.3 is 5.32 Å². The summed E-state index contributed by atoms with van der Waals surface area (Å²) in [6.45, 7) is 0. The van der Waals surface area contributed by atoms with Crippen LogP contribution < -0.4 is 15.0 Å². The average molecular weight is 476 g/mol. The zero-order valence-electron chi connectivity index (χ0n) is 15.6. The Hall–Kier alpha value is -3.28. The number of amides is 3. The summed E-state index contributed by atoms with van der Waals surface area (Å²) >= 11 is 6.57. The molecule has 2 N–H and O–H groups in total. The summed E-state index contributed by atoms with van der Waals surface area (Å²) in [5.74, 6) is 0.0493. The van der Waals surface area contributed by atoms with Crippen LogP contribution >= 0.6 is 22.9 Å². The van der Waals surface area contributed by atoms with Crippen LogP contribution in [0.4, 0.5) is 16.3 Å². The van der Waals surface area contributed by atoms with Gasteiger partial charge >= 0.3 is 6.03 Å². The molecule has 158 valence electrons. The van der Waals surface area contributed by atoms with Crippen molar-refractivity contribution in [3.63, 3.8) is 0 Å². The van der Waals surface area contributed by atoms with Crippen molar-refractivity contribution in [3.8, 4) is 0 Å². The second-order valence-electron chi connectivity index (χ2n) is 6.32. The molecule has 12 heteroatoms. The molecule has 3 amide bonds. The van der Waals surface area contributed by atoms with Crippen molar-refractivity contribution in [2.45, 2.75) is 10.6 Å². The van der Waals surface area contributed by atoms with E-state index in [0.717, 1.165) is 16.9 Å². The number of anilines is 2. The fourth-order valence-electron chi connectivity index (χ4n) is 2.76. The molecule has 1 aromatic carbocycles. The molecule has 31 heavy (non-hydrogen) atoms. The normalized spacial score (nSPS) is 13.8. The summed E-state index contributed by atoms with van der Waals surface area (Å²) in [6.07, 6.45) is 1.45. The van der Waals surface area contributed by atoms with E-state index in [0.29, 0.717) is 5.71 Å². The summed E-state index contributed by atoms with van der Waals surface area (Å²) in [5, 5.41) is 7.90. The lowest BCUT2D eigenvalue weighted by molar-refractivity contribution is -0.116. The molecular weight excluding hydrogens is 462 g/mol. The Labute approximate surface area is 186 Å². The lowest BCUT2D eigenvalue weighted by Crippen LogP contribution is -2.34. The van der Waals surface area contributed by atoms with Crippen LogP contribution in [0.25, 0.3) is 0 Å². The highest BCUT2D eigenvalue weighted by Gasteiger charge is 2.27. The van der Waals surface area contributed by atoms with Crippen molar-refractivity contribution < 1.29 is 18.0 Å². The summed E-state index contributed by atoms with van der Waals surface area (Å²) in [6, 6.07) is 14.1. The number of sulfonamides is 1. The summed E-state index contributed by atoms with van der Waals surface area (Å²) in [7, 11) is -4.04. The molecule has 0 saturated heterocycles. The molecule has 0 radical (unpaired) electrons. The van der Waals surface area contributed by atoms with Gasteiger partial charge in [-0.2, -0.15) is 10.1 Å². The van der Waals surface area contributed by atoms with E-state index in [4.69, 9.17) is 11.6 Å². The van der Waals surface area contributed by atoms with Crippen molar-refractivity contribution in [2.24, 2.45) is 5.10 Å². The van der Waals surface area contributed by atoms with Crippen LogP contribution in [0.5, 0.6) is 0 Å². The number of nitrogens with one attached hydrogen (secondary N) is 2. The first kappa shape index (κ1) is 21.0. The van der Waals surface area contributed by atoms with Gasteiger partial charge in [0.1, 0.15) is 4.21 Å². The maximum atomic E-state index is 12.3. The lowest BCUT2D eigenvalue weighted by atomic mass is 10.1. The zero-order chi connectivity index (χ0) is 22.0. The van der Waals surface area contributed by atoms with Crippen LogP contribution in [-0.2, 0) is 14.8 Å². The Kier molecular flexibility index (Phi) is 5.72. The summed E-state index contributed by atoms with van der Waals surface area (Å²) < 4.78 is 26.4. The van der Waals surface area contributed by atoms with Crippen molar-refractivity contribution in [1.82, 2.24) is 9.71 Å². The Bertz CT molecular complexity index is 1270. The maximum Gasteiger partial charge on any atom is 0.333 e. The number of halogens is 1. The van der Waals surface area contributed by atoms with Gasteiger partial charge in [0, 0.05) is 0 Å². The lowest BCUT2D eigenvalue weighted by Gasteiger charge is -2.11. The second kappa shape index (κ2) is 8.46. The highest BCUT2D eigenvalue weighted by Crippen LogP contribution is 2.25. The molecular formula is C19H14ClN5O4S2. The SMILES string of the molecule is O=C(Nc1ccc(N2N=C(c3ccccc3)CC2=O)nc1)NS(=O)(=O)c1ccc(Cl)s1. The standard InChI is InChI=1S/C19H14ClN5O4S2/c20-15-7-9-18(30-15)31(28,29)24-19(27)22-13-6-8-16(21-11-13)25-17(26)10-14(23-25)12-4-2-1-3-5-12/h1-9,11H,10H2,(H2,22,24,27). The predicted octanol–water partition coefficient (Wildman–Crippen LogP) is 3.45. The van der Waals surface area contributed by atoms with Gasteiger partial charge in [-0.05, 0) is 29.8 Å². The minimum atomic E-state index is -4.04. The van der Waals surface area contributed by atoms with E-state index in [-0.39, 0.29) is 32.4 Å². The number of rotatable bonds is 5. The molecule has 0 spiro atoms. The first-order valence-electron chi connectivity index (χ1n) is 8.83. The topological polar surface area (TPSA) is 121 Å². The highest BCUT2D eigenvalue weighted by atomic mass is 35.5. The minimum Gasteiger partial charge on any atom is -0.306 e. The van der Waals surface area contributed by atoms with Crippen molar-refractivity contribution in [1.29, 1.82) is 0 Å². The van der Waals surface area contributed by atoms with Crippen molar-refractivity contribution in [2.75, 3.05) is 10.3 Å². The van der Waals surface area contributed by atoms with Crippen LogP contribution in [0.2, 0.25) is 4.34 Å². The van der Waals surface area contributed by atoms with Gasteiger partial charge in [-0.3, -0.25) is 4.79 Å². The molecule has 1 aliphatic rings. The Morgan fingerprint density at radius 3 is 2.52 bits per heavy atom. The quantitative estimate of drug-likeness (QED) is 0.585. The van der Waals surface area contributed by atoms with Crippen LogP contribution in [0.3, 0.4) is 0 Å². The number of urea groups is 1. The molecule has 3 aromatic rings. The third kappa shape index (κ3) is 4.74. The van der Waals surface area contributed by atoms with Gasteiger partial charge in [-0.15, -0.1) is 11.3 Å². The first-order valence-corrected chi connectivity index (χ1v) is 11.5. The van der Waals surface area contributed by atoms with E-state index in [2.05, 4.69) is 15.4 Å². The third-order valence-corrected chi connectivity index (χ3v) is 7.20. The van der Waals surface area contributed by atoms with Gasteiger partial charge in [0.05, 0.1) is 28.4 Å². The number of hydrogen-bond donors (Lipinski definition) is 2. The molecule has 0 aliphatic carbocycles. The number of hydrogen-bond acceptors (Lipinski definition) is 7. The van der Waals surface area contributed by atoms with Crippen molar-refractivity contribution >= 4 is 62.1 Å². The maximum absolute atomic E-state index is 12.3. The van der Waals surface area contributed by atoms with Crippen LogP contribution in [0.1, 0.15) is 12.0 Å². The average Bonchev–Trinajstić information content (AvgIpc) is 3.35. The number of carbonyl (C=O) groups is 2. The molecule has 0 saturated carbocycles. The van der Waals surface area contributed by atoms with E-state index in [1.807, 2.05) is 35.1 Å². The fraction of sp³-hybridized carbons (Fsp3) is 0.0526. The predicted molar refractivity (Wildman–Crippen MR) is 118 cm³/mol. The van der Waals surface area contributed by atoms with Gasteiger partial charge in [0.25, 0.3) is 15.9 Å². The molecule has 0 bridgehead atoms. The van der Waals surface area contributed by atoms with E-state index >= 15 is 0 Å². The smallest absolute Gasteiger partial charge is 0.306 e. The van der Waals surface area contributed by atoms with Crippen LogP contribution in [-0.4, -0.2) is 31.1 Å². The van der Waals surface area contributed by atoms with Crippen LogP contribution in [0, 0.1) is 0 Å². The molecule has 1 aliphatic heterocycles. The summed E-state index contributed by atoms with van der Waals surface area (Å²) in [4.78, 5) is 28.5. The number of aromatic nitrogens is 1. The van der Waals surface area contributed by atoms with Crippen molar-refractivity contribution in [3.05, 3.63) is 70.7 Å². The number of pyridine rings is 1. The van der Waals surface area contributed by atoms with E-state index in [1.165, 1.54) is 35.5 Å². The number of thiophene rings is 1. The monoisotopic (exact) mass is 475 g/mol. The third-order valence-electron chi connectivity index (χ3n) is 4.15.